The highest BCUT2D eigenvalue weighted by atomic mass is 35.5. The Morgan fingerprint density at radius 2 is 1.62 bits per heavy atom. The molecular formula is C17H17ClN2O5S. The number of halogens is 1. The second-order valence-electron chi connectivity index (χ2n) is 5.36. The molecule has 0 unspecified atom stereocenters. The molecule has 0 aliphatic rings. The third-order valence-corrected chi connectivity index (χ3v) is 5.23. The zero-order chi connectivity index (χ0) is 19.3. The van der Waals surface area contributed by atoms with Gasteiger partial charge in [-0.3, -0.25) is 4.79 Å². The van der Waals surface area contributed by atoms with Gasteiger partial charge in [-0.05, 0) is 55.5 Å². The lowest BCUT2D eigenvalue weighted by atomic mass is 10.2. The van der Waals surface area contributed by atoms with Crippen LogP contribution >= 0.6 is 11.6 Å². The number of carbonyl (C=O) groups is 2. The van der Waals surface area contributed by atoms with Crippen LogP contribution in [0.3, 0.4) is 0 Å². The number of hydrogen-bond acceptors (Lipinski definition) is 5. The van der Waals surface area contributed by atoms with E-state index in [4.69, 9.17) is 11.6 Å². The van der Waals surface area contributed by atoms with Crippen LogP contribution in [0.15, 0.2) is 53.4 Å². The average Bonchev–Trinajstić information content (AvgIpc) is 2.61. The minimum absolute atomic E-state index is 0.00369. The number of rotatable bonds is 6. The summed E-state index contributed by atoms with van der Waals surface area (Å²) in [6, 6.07) is 10.6. The summed E-state index contributed by atoms with van der Waals surface area (Å²) < 4.78 is 31.4. The molecule has 2 N–H and O–H groups in total. The number of anilines is 1. The standard InChI is InChI=1S/C17H17ClN2O5S/c1-11(20-26(23,24)15-9-5-13(18)6-10-15)16(21)19-14-7-3-12(4-8-14)17(22)25-2/h3-11,20H,1-2H3,(H,19,21)/t11-/m1/s1. The summed E-state index contributed by atoms with van der Waals surface area (Å²) in [4.78, 5) is 23.6. The molecule has 0 bridgehead atoms. The predicted octanol–water partition coefficient (Wildman–Crippen LogP) is 2.43. The van der Waals surface area contributed by atoms with Gasteiger partial charge in [-0.1, -0.05) is 11.6 Å². The fourth-order valence-electron chi connectivity index (χ4n) is 2.03. The molecule has 9 heteroatoms. The normalized spacial score (nSPS) is 12.3. The molecule has 1 amide bonds. The minimum atomic E-state index is -3.87. The van der Waals surface area contributed by atoms with Crippen molar-refractivity contribution in [3.05, 3.63) is 59.1 Å². The number of hydrogen-bond donors (Lipinski definition) is 2. The molecule has 0 fully saturated rings. The molecule has 2 aromatic carbocycles. The van der Waals surface area contributed by atoms with Gasteiger partial charge in [0.1, 0.15) is 0 Å². The predicted molar refractivity (Wildman–Crippen MR) is 97.6 cm³/mol. The summed E-state index contributed by atoms with van der Waals surface area (Å²) in [7, 11) is -2.60. The van der Waals surface area contributed by atoms with Crippen molar-refractivity contribution in [3.63, 3.8) is 0 Å². The third-order valence-electron chi connectivity index (χ3n) is 3.42. The number of nitrogens with one attached hydrogen (secondary N) is 2. The molecule has 0 spiro atoms. The Kier molecular flexibility index (Phi) is 6.36. The van der Waals surface area contributed by atoms with Gasteiger partial charge < -0.3 is 10.1 Å². The Morgan fingerprint density at radius 1 is 1.04 bits per heavy atom. The summed E-state index contributed by atoms with van der Waals surface area (Å²) in [5, 5.41) is 2.98. The molecule has 138 valence electrons. The lowest BCUT2D eigenvalue weighted by Gasteiger charge is -2.14. The van der Waals surface area contributed by atoms with Crippen LogP contribution in [0.5, 0.6) is 0 Å². The van der Waals surface area contributed by atoms with Crippen molar-refractivity contribution < 1.29 is 22.7 Å². The Bertz CT molecular complexity index is 896. The number of ether oxygens (including phenoxy) is 1. The molecule has 0 saturated heterocycles. The second-order valence-corrected chi connectivity index (χ2v) is 7.51. The molecule has 1 atom stereocenters. The summed E-state index contributed by atoms with van der Waals surface area (Å²) >= 11 is 5.74. The van der Waals surface area contributed by atoms with Crippen molar-refractivity contribution >= 4 is 39.2 Å². The summed E-state index contributed by atoms with van der Waals surface area (Å²) in [6.07, 6.45) is 0. The van der Waals surface area contributed by atoms with E-state index >= 15 is 0 Å². The van der Waals surface area contributed by atoms with Crippen molar-refractivity contribution in [2.75, 3.05) is 12.4 Å². The monoisotopic (exact) mass is 396 g/mol. The van der Waals surface area contributed by atoms with Crippen LogP contribution in [-0.4, -0.2) is 33.4 Å². The topological polar surface area (TPSA) is 102 Å². The number of sulfonamides is 1. The van der Waals surface area contributed by atoms with E-state index in [0.29, 0.717) is 16.3 Å². The van der Waals surface area contributed by atoms with Crippen molar-refractivity contribution in [1.82, 2.24) is 4.72 Å². The van der Waals surface area contributed by atoms with Crippen LogP contribution in [0, 0.1) is 0 Å². The molecule has 0 saturated carbocycles. The highest BCUT2D eigenvalue weighted by Gasteiger charge is 2.22. The van der Waals surface area contributed by atoms with Crippen LogP contribution < -0.4 is 10.0 Å². The molecule has 2 aromatic rings. The van der Waals surface area contributed by atoms with E-state index in [1.807, 2.05) is 0 Å². The van der Waals surface area contributed by atoms with Crippen LogP contribution in [-0.2, 0) is 19.6 Å². The first-order valence-corrected chi connectivity index (χ1v) is 9.36. The number of esters is 1. The van der Waals surface area contributed by atoms with E-state index in [-0.39, 0.29) is 4.90 Å². The molecule has 0 radical (unpaired) electrons. The van der Waals surface area contributed by atoms with Crippen LogP contribution in [0.1, 0.15) is 17.3 Å². The zero-order valence-corrected chi connectivity index (χ0v) is 15.6. The summed E-state index contributed by atoms with van der Waals surface area (Å²) in [6.45, 7) is 1.42. The largest absolute Gasteiger partial charge is 0.465 e. The minimum Gasteiger partial charge on any atom is -0.465 e. The molecule has 2 rings (SSSR count). The fourth-order valence-corrected chi connectivity index (χ4v) is 3.35. The van der Waals surface area contributed by atoms with Gasteiger partial charge in [-0.15, -0.1) is 0 Å². The van der Waals surface area contributed by atoms with Crippen molar-refractivity contribution in [1.29, 1.82) is 0 Å². The lowest BCUT2D eigenvalue weighted by molar-refractivity contribution is -0.117. The van der Waals surface area contributed by atoms with Gasteiger partial charge in [0.2, 0.25) is 15.9 Å². The number of carbonyl (C=O) groups excluding carboxylic acids is 2. The molecule has 0 aliphatic carbocycles. The van der Waals surface area contributed by atoms with E-state index < -0.39 is 27.9 Å². The van der Waals surface area contributed by atoms with Crippen molar-refractivity contribution in [2.24, 2.45) is 0 Å². The smallest absolute Gasteiger partial charge is 0.337 e. The summed E-state index contributed by atoms with van der Waals surface area (Å²) in [5.74, 6) is -1.04. The van der Waals surface area contributed by atoms with Gasteiger partial charge in [-0.25, -0.2) is 13.2 Å². The van der Waals surface area contributed by atoms with E-state index in [1.54, 1.807) is 0 Å². The van der Waals surface area contributed by atoms with Crippen LogP contribution in [0.25, 0.3) is 0 Å². The van der Waals surface area contributed by atoms with Gasteiger partial charge >= 0.3 is 5.97 Å². The average molecular weight is 397 g/mol. The second kappa shape index (κ2) is 8.31. The maximum Gasteiger partial charge on any atom is 0.337 e. The molecular weight excluding hydrogens is 380 g/mol. The molecule has 26 heavy (non-hydrogen) atoms. The first-order valence-electron chi connectivity index (χ1n) is 7.50. The van der Waals surface area contributed by atoms with Crippen molar-refractivity contribution in [2.45, 2.75) is 17.9 Å². The van der Waals surface area contributed by atoms with Crippen LogP contribution in [0.2, 0.25) is 5.02 Å². The molecule has 0 aliphatic heterocycles. The van der Waals surface area contributed by atoms with Crippen molar-refractivity contribution in [3.8, 4) is 0 Å². The highest BCUT2D eigenvalue weighted by molar-refractivity contribution is 7.89. The zero-order valence-electron chi connectivity index (χ0n) is 14.0. The first-order chi connectivity index (χ1) is 12.2. The summed E-state index contributed by atoms with van der Waals surface area (Å²) in [5.41, 5.74) is 0.752. The van der Waals surface area contributed by atoms with E-state index in [2.05, 4.69) is 14.8 Å². The van der Waals surface area contributed by atoms with Gasteiger partial charge in [0.25, 0.3) is 0 Å². The molecule has 0 heterocycles. The Balaban J connectivity index is 2.03. The van der Waals surface area contributed by atoms with E-state index in [0.717, 1.165) is 0 Å². The van der Waals surface area contributed by atoms with Gasteiger partial charge in [-0.2, -0.15) is 4.72 Å². The quantitative estimate of drug-likeness (QED) is 0.730. The lowest BCUT2D eigenvalue weighted by Crippen LogP contribution is -2.41. The third kappa shape index (κ3) is 5.04. The maximum absolute atomic E-state index is 12.3. The SMILES string of the molecule is COC(=O)c1ccc(NC(=O)[C@@H](C)NS(=O)(=O)c2ccc(Cl)cc2)cc1. The maximum atomic E-state index is 12.3. The molecule has 0 aromatic heterocycles. The van der Waals surface area contributed by atoms with E-state index in [1.165, 1.54) is 62.6 Å². The molecule has 7 nitrogen and oxygen atoms in total. The first kappa shape index (κ1) is 19.9. The van der Waals surface area contributed by atoms with Crippen LogP contribution in [0.4, 0.5) is 5.69 Å². The number of methoxy groups -OCH3 is 1. The van der Waals surface area contributed by atoms with Gasteiger partial charge in [0, 0.05) is 10.7 Å². The van der Waals surface area contributed by atoms with Gasteiger partial charge in [0.05, 0.1) is 23.6 Å². The fraction of sp³-hybridized carbons (Fsp3) is 0.176. The Morgan fingerprint density at radius 3 is 2.15 bits per heavy atom. The van der Waals surface area contributed by atoms with E-state index in [9.17, 15) is 18.0 Å². The number of benzene rings is 2. The Labute approximate surface area is 156 Å². The Hall–Kier alpha value is -2.42. The number of amides is 1. The van der Waals surface area contributed by atoms with Gasteiger partial charge in [0.15, 0.2) is 0 Å². The highest BCUT2D eigenvalue weighted by Crippen LogP contribution is 2.15.